The highest BCUT2D eigenvalue weighted by Gasteiger charge is 2.62. The van der Waals surface area contributed by atoms with E-state index in [4.69, 9.17) is 11.6 Å². The molecular weight excluding hydrogens is 549 g/mol. The van der Waals surface area contributed by atoms with Gasteiger partial charge in [-0.1, -0.05) is 17.7 Å². The molecule has 0 unspecified atom stereocenters. The second-order valence-corrected chi connectivity index (χ2v) is 8.82. The van der Waals surface area contributed by atoms with E-state index in [1.54, 1.807) is 0 Å². The fraction of sp³-hybridized carbons (Fsp3) is 0.364. The Hall–Kier alpha value is -3.80. The molecule has 1 aromatic carbocycles. The number of nitrogens with zero attached hydrogens (tertiary/aromatic N) is 5. The van der Waals surface area contributed by atoms with E-state index in [2.05, 4.69) is 20.3 Å². The molecule has 0 saturated heterocycles. The van der Waals surface area contributed by atoms with Gasteiger partial charge in [-0.15, -0.1) is 0 Å². The third-order valence-electron chi connectivity index (χ3n) is 5.64. The Balaban J connectivity index is 1.73. The fourth-order valence-corrected chi connectivity index (χ4v) is 3.71. The molecule has 1 amide bonds. The first-order chi connectivity index (χ1) is 17.7. The van der Waals surface area contributed by atoms with Crippen LogP contribution < -0.4 is 10.1 Å². The van der Waals surface area contributed by atoms with Crippen molar-refractivity contribution in [3.8, 4) is 28.8 Å². The Morgan fingerprint density at radius 1 is 1.26 bits per heavy atom. The smallest absolute Gasteiger partial charge is 0.459 e. The number of benzene rings is 1. The van der Waals surface area contributed by atoms with Crippen LogP contribution in [0.15, 0.2) is 30.6 Å². The van der Waals surface area contributed by atoms with Crippen molar-refractivity contribution in [3.63, 3.8) is 0 Å². The van der Waals surface area contributed by atoms with Crippen molar-refractivity contribution in [3.05, 3.63) is 46.9 Å². The summed E-state index contributed by atoms with van der Waals surface area (Å²) in [5.41, 5.74) is -2.26. The monoisotopic (exact) mass is 564 g/mol. The van der Waals surface area contributed by atoms with Crippen LogP contribution in [0.1, 0.15) is 28.9 Å². The normalized spacial score (nSPS) is 14.9. The number of carbonyl (C=O) groups is 1. The number of amides is 1. The maximum Gasteiger partial charge on any atom is 0.459 e. The predicted octanol–water partition coefficient (Wildman–Crippen LogP) is 5.01. The number of nitriles is 1. The summed E-state index contributed by atoms with van der Waals surface area (Å²) in [6.45, 7) is -1.48. The molecule has 202 valence electrons. The van der Waals surface area contributed by atoms with Crippen LogP contribution in [-0.2, 0) is 13.0 Å². The van der Waals surface area contributed by atoms with Gasteiger partial charge in [-0.2, -0.15) is 37.4 Å². The molecule has 1 aliphatic rings. The summed E-state index contributed by atoms with van der Waals surface area (Å²) >= 11 is 6.14. The zero-order valence-electron chi connectivity index (χ0n) is 19.2. The van der Waals surface area contributed by atoms with E-state index in [0.717, 1.165) is 11.7 Å². The second-order valence-electron chi connectivity index (χ2n) is 8.42. The zero-order valence-corrected chi connectivity index (χ0v) is 19.9. The van der Waals surface area contributed by atoms with Gasteiger partial charge in [0.2, 0.25) is 0 Å². The Labute approximate surface area is 214 Å². The van der Waals surface area contributed by atoms with Crippen LogP contribution in [0.4, 0.5) is 30.7 Å². The van der Waals surface area contributed by atoms with Crippen LogP contribution in [-0.4, -0.2) is 50.2 Å². The lowest BCUT2D eigenvalue weighted by atomic mass is 10.1. The lowest BCUT2D eigenvalue weighted by Crippen LogP contribution is -2.35. The van der Waals surface area contributed by atoms with Crippen LogP contribution in [0.3, 0.4) is 0 Å². The highest BCUT2D eigenvalue weighted by molar-refractivity contribution is 6.34. The molecule has 2 heterocycles. The van der Waals surface area contributed by atoms with Gasteiger partial charge >= 0.3 is 12.1 Å². The molecule has 3 aromatic rings. The average Bonchev–Trinajstić information content (AvgIpc) is 3.28. The van der Waals surface area contributed by atoms with Crippen LogP contribution in [0.25, 0.3) is 16.9 Å². The van der Waals surface area contributed by atoms with Gasteiger partial charge in [0.25, 0.3) is 12.3 Å². The molecule has 1 N–H and O–H groups in total. The highest BCUT2D eigenvalue weighted by atomic mass is 35.5. The SMILES string of the molecule is Cn1nc(C(F)(F)C(F)(F)F)c(OCC(F)F)c1-n1cc(-c2ccc(Cl)c(C(=O)NC3(C#N)CC3)c2)cn1. The molecular formula is C22H16ClF7N6O2. The Morgan fingerprint density at radius 2 is 1.95 bits per heavy atom. The van der Waals surface area contributed by atoms with Crippen molar-refractivity contribution in [1.29, 1.82) is 5.26 Å². The van der Waals surface area contributed by atoms with E-state index in [1.807, 2.05) is 6.07 Å². The molecule has 0 bridgehead atoms. The number of hydrogen-bond donors (Lipinski definition) is 1. The molecule has 0 spiro atoms. The van der Waals surface area contributed by atoms with Crippen molar-refractivity contribution in [2.45, 2.75) is 36.9 Å². The molecule has 16 heteroatoms. The molecule has 0 radical (unpaired) electrons. The van der Waals surface area contributed by atoms with Crippen molar-refractivity contribution in [2.24, 2.45) is 7.05 Å². The molecule has 0 aliphatic heterocycles. The van der Waals surface area contributed by atoms with Gasteiger partial charge in [0.15, 0.2) is 17.3 Å². The number of aromatic nitrogens is 4. The Bertz CT molecular complexity index is 1420. The molecule has 0 atom stereocenters. The van der Waals surface area contributed by atoms with Gasteiger partial charge < -0.3 is 10.1 Å². The number of carbonyl (C=O) groups excluding carboxylic acids is 1. The van der Waals surface area contributed by atoms with Crippen molar-refractivity contribution in [1.82, 2.24) is 24.9 Å². The Morgan fingerprint density at radius 3 is 2.53 bits per heavy atom. The number of halogens is 8. The van der Waals surface area contributed by atoms with Crippen molar-refractivity contribution in [2.75, 3.05) is 6.61 Å². The summed E-state index contributed by atoms with van der Waals surface area (Å²) in [5.74, 6) is -7.94. The maximum atomic E-state index is 14.2. The number of aryl methyl sites for hydroxylation is 1. The first-order valence-corrected chi connectivity index (χ1v) is 11.1. The molecule has 38 heavy (non-hydrogen) atoms. The minimum Gasteiger partial charge on any atom is -0.482 e. The van der Waals surface area contributed by atoms with Crippen LogP contribution >= 0.6 is 11.6 Å². The summed E-state index contributed by atoms with van der Waals surface area (Å²) in [4.78, 5) is 12.7. The van der Waals surface area contributed by atoms with Gasteiger partial charge in [0.05, 0.1) is 22.9 Å². The predicted molar refractivity (Wildman–Crippen MR) is 117 cm³/mol. The highest BCUT2D eigenvalue weighted by Crippen LogP contribution is 2.48. The largest absolute Gasteiger partial charge is 0.482 e. The van der Waals surface area contributed by atoms with Crippen molar-refractivity contribution >= 4 is 17.5 Å². The first kappa shape index (κ1) is 27.2. The maximum absolute atomic E-state index is 14.2. The summed E-state index contributed by atoms with van der Waals surface area (Å²) in [7, 11) is 1.01. The van der Waals surface area contributed by atoms with Crippen LogP contribution in [0, 0.1) is 11.3 Å². The minimum atomic E-state index is -6.08. The Kier molecular flexibility index (Phi) is 6.81. The molecule has 1 aliphatic carbocycles. The van der Waals surface area contributed by atoms with Gasteiger partial charge in [-0.25, -0.2) is 18.1 Å². The van der Waals surface area contributed by atoms with Gasteiger partial charge in [-0.3, -0.25) is 4.79 Å². The molecule has 4 rings (SSSR count). The summed E-state index contributed by atoms with van der Waals surface area (Å²) in [6.07, 6.45) is -5.93. The summed E-state index contributed by atoms with van der Waals surface area (Å²) in [6, 6.07) is 6.25. The minimum absolute atomic E-state index is 0.0204. The number of alkyl halides is 7. The lowest BCUT2D eigenvalue weighted by Gasteiger charge is -2.18. The molecule has 2 aromatic heterocycles. The molecule has 1 fully saturated rings. The molecule has 8 nitrogen and oxygen atoms in total. The summed E-state index contributed by atoms with van der Waals surface area (Å²) < 4.78 is 99.1. The summed E-state index contributed by atoms with van der Waals surface area (Å²) in [5, 5.41) is 19.0. The van der Waals surface area contributed by atoms with Crippen molar-refractivity contribution < 1.29 is 40.3 Å². The number of rotatable bonds is 8. The first-order valence-electron chi connectivity index (χ1n) is 10.7. The van der Waals surface area contributed by atoms with E-state index in [0.29, 0.717) is 23.1 Å². The van der Waals surface area contributed by atoms with E-state index < -0.39 is 53.8 Å². The molecule has 1 saturated carbocycles. The van der Waals surface area contributed by atoms with Crippen LogP contribution in [0.5, 0.6) is 5.75 Å². The van der Waals surface area contributed by atoms with Gasteiger partial charge in [-0.05, 0) is 30.5 Å². The van der Waals surface area contributed by atoms with Gasteiger partial charge in [0.1, 0.15) is 12.1 Å². The zero-order chi connectivity index (χ0) is 28.0. The number of hydrogen-bond acceptors (Lipinski definition) is 5. The number of nitrogens with one attached hydrogen (secondary N) is 1. The van der Waals surface area contributed by atoms with E-state index in [1.165, 1.54) is 30.6 Å². The third-order valence-corrected chi connectivity index (χ3v) is 5.97. The lowest BCUT2D eigenvalue weighted by molar-refractivity contribution is -0.291. The fourth-order valence-electron chi connectivity index (χ4n) is 3.51. The third kappa shape index (κ3) is 5.00. The van der Waals surface area contributed by atoms with Crippen LogP contribution in [0.2, 0.25) is 5.02 Å². The second kappa shape index (κ2) is 9.50. The quantitative estimate of drug-likeness (QED) is 0.388. The standard InChI is InChI=1S/C22H16ClF7N6O2/c1-35-19(16(38-9-15(24)25)17(34-35)21(26,27)22(28,29)30)36-8-12(7-32-36)11-2-3-14(23)13(6-11)18(37)33-20(10-31)4-5-20/h2-3,6-8,15H,4-5,9H2,1H3,(H,33,37). The number of ether oxygens (including phenoxy) is 1. The topological polar surface area (TPSA) is 97.8 Å². The van der Waals surface area contributed by atoms with E-state index >= 15 is 0 Å². The van der Waals surface area contributed by atoms with Gasteiger partial charge in [0, 0.05) is 18.8 Å². The van der Waals surface area contributed by atoms with E-state index in [-0.39, 0.29) is 16.1 Å². The van der Waals surface area contributed by atoms with E-state index in [9.17, 15) is 40.8 Å². The average molecular weight is 565 g/mol.